The molecule has 2 aromatic rings. The maximum atomic E-state index is 12.4. The Balaban J connectivity index is 1.41. The van der Waals surface area contributed by atoms with Gasteiger partial charge >= 0.3 is 5.97 Å². The molecule has 1 aliphatic carbocycles. The first-order valence-corrected chi connectivity index (χ1v) is 8.74. The third-order valence-corrected chi connectivity index (χ3v) is 5.54. The second-order valence-electron chi connectivity index (χ2n) is 7.49. The van der Waals surface area contributed by atoms with Crippen molar-refractivity contribution in [1.82, 2.24) is 9.55 Å². The molecule has 4 rings (SSSR count). The van der Waals surface area contributed by atoms with E-state index in [0.29, 0.717) is 16.8 Å². The smallest absolute Gasteiger partial charge is 0.307 e. The van der Waals surface area contributed by atoms with E-state index >= 15 is 0 Å². The Morgan fingerprint density at radius 1 is 1.40 bits per heavy atom. The number of esters is 1. The van der Waals surface area contributed by atoms with Gasteiger partial charge in [-0.2, -0.15) is 0 Å². The summed E-state index contributed by atoms with van der Waals surface area (Å²) in [7, 11) is 0. The van der Waals surface area contributed by atoms with Crippen LogP contribution in [0.15, 0.2) is 35.4 Å². The number of hydrogen-bond donors (Lipinski definition) is 0. The number of nitrogens with zero attached hydrogens (tertiary/aromatic N) is 2. The van der Waals surface area contributed by atoms with E-state index in [1.165, 1.54) is 10.9 Å². The zero-order valence-corrected chi connectivity index (χ0v) is 14.5. The van der Waals surface area contributed by atoms with Crippen molar-refractivity contribution in [2.45, 2.75) is 45.4 Å². The zero-order valence-electron chi connectivity index (χ0n) is 14.5. The van der Waals surface area contributed by atoms with Crippen LogP contribution in [-0.2, 0) is 20.8 Å². The van der Waals surface area contributed by atoms with Crippen molar-refractivity contribution in [3.63, 3.8) is 0 Å². The van der Waals surface area contributed by atoms with Gasteiger partial charge in [0.2, 0.25) is 0 Å². The van der Waals surface area contributed by atoms with Gasteiger partial charge in [-0.15, -0.1) is 0 Å². The predicted octanol–water partition coefficient (Wildman–Crippen LogP) is 2.14. The highest BCUT2D eigenvalue weighted by atomic mass is 16.6. The molecule has 0 unspecified atom stereocenters. The molecule has 2 heterocycles. The van der Waals surface area contributed by atoms with Crippen molar-refractivity contribution < 1.29 is 14.3 Å². The molecule has 6 heteroatoms. The normalized spacial score (nSPS) is 26.9. The molecule has 132 valence electrons. The van der Waals surface area contributed by atoms with Crippen molar-refractivity contribution in [2.24, 2.45) is 11.3 Å². The first-order chi connectivity index (χ1) is 12.0. The Kier molecular flexibility index (Phi) is 3.87. The molecule has 3 atom stereocenters. The van der Waals surface area contributed by atoms with Gasteiger partial charge in [-0.25, -0.2) is 4.98 Å². The number of benzene rings is 1. The molecule has 6 nitrogen and oxygen atoms in total. The second kappa shape index (κ2) is 5.95. The molecule has 1 aromatic heterocycles. The molecule has 0 amide bonds. The molecule has 1 aliphatic heterocycles. The Morgan fingerprint density at radius 2 is 2.20 bits per heavy atom. The number of aromatic nitrogens is 2. The van der Waals surface area contributed by atoms with Gasteiger partial charge in [0.25, 0.3) is 5.56 Å². The molecule has 2 aliphatic rings. The minimum atomic E-state index is -0.275. The number of hydrogen-bond acceptors (Lipinski definition) is 5. The fourth-order valence-electron chi connectivity index (χ4n) is 4.19. The van der Waals surface area contributed by atoms with Gasteiger partial charge in [0.15, 0.2) is 0 Å². The highest BCUT2D eigenvalue weighted by Gasteiger charge is 2.61. The van der Waals surface area contributed by atoms with Crippen LogP contribution in [0, 0.1) is 11.3 Å². The Bertz CT molecular complexity index is 873. The summed E-state index contributed by atoms with van der Waals surface area (Å²) < 4.78 is 12.9. The lowest BCUT2D eigenvalue weighted by atomic mass is 9.59. The standard InChI is InChI=1S/C19H22N2O4/c1-19(2)16-13(8-10-24-16)17(19)25-15(22)7-9-21-11-20-14-6-4-3-5-12(14)18(21)23/h3-6,11,13,16-17H,7-10H2,1-2H3/t13-,16+,17-/m0/s1. The molecule has 0 radical (unpaired) electrons. The van der Waals surface area contributed by atoms with E-state index in [4.69, 9.17) is 9.47 Å². The summed E-state index contributed by atoms with van der Waals surface area (Å²) in [4.78, 5) is 29.0. The van der Waals surface area contributed by atoms with Crippen LogP contribution in [0.3, 0.4) is 0 Å². The van der Waals surface area contributed by atoms with Gasteiger partial charge < -0.3 is 9.47 Å². The summed E-state index contributed by atoms with van der Waals surface area (Å²) >= 11 is 0. The second-order valence-corrected chi connectivity index (χ2v) is 7.49. The summed E-state index contributed by atoms with van der Waals surface area (Å²) in [5.74, 6) is 0.0347. The highest BCUT2D eigenvalue weighted by molar-refractivity contribution is 5.77. The van der Waals surface area contributed by atoms with E-state index in [0.717, 1.165) is 13.0 Å². The SMILES string of the molecule is CC1(C)[C@@H]2OCC[C@@H]2[C@@H]1OC(=O)CCn1cnc2ccccc2c1=O. The maximum Gasteiger partial charge on any atom is 0.307 e. The molecule has 0 spiro atoms. The van der Waals surface area contributed by atoms with E-state index in [2.05, 4.69) is 18.8 Å². The lowest BCUT2D eigenvalue weighted by molar-refractivity contribution is -0.210. The van der Waals surface area contributed by atoms with Crippen LogP contribution >= 0.6 is 0 Å². The number of para-hydroxylation sites is 1. The van der Waals surface area contributed by atoms with Crippen LogP contribution in [-0.4, -0.2) is 34.3 Å². The summed E-state index contributed by atoms with van der Waals surface area (Å²) in [5, 5.41) is 0.560. The van der Waals surface area contributed by atoms with E-state index in [1.807, 2.05) is 12.1 Å². The summed E-state index contributed by atoms with van der Waals surface area (Å²) in [5.41, 5.74) is 0.388. The largest absolute Gasteiger partial charge is 0.461 e. The Morgan fingerprint density at radius 3 is 3.04 bits per heavy atom. The Hall–Kier alpha value is -2.21. The molecular formula is C19H22N2O4. The minimum Gasteiger partial charge on any atom is -0.461 e. The molecule has 2 fully saturated rings. The van der Waals surface area contributed by atoms with Crippen molar-refractivity contribution >= 4 is 16.9 Å². The summed E-state index contributed by atoms with van der Waals surface area (Å²) in [6.07, 6.45) is 2.69. The summed E-state index contributed by atoms with van der Waals surface area (Å²) in [6.45, 7) is 5.17. The predicted molar refractivity (Wildman–Crippen MR) is 92.1 cm³/mol. The molecular weight excluding hydrogens is 320 g/mol. The molecule has 1 saturated heterocycles. The lowest BCUT2D eigenvalue weighted by Gasteiger charge is -2.53. The first-order valence-electron chi connectivity index (χ1n) is 8.74. The van der Waals surface area contributed by atoms with Crippen molar-refractivity contribution in [1.29, 1.82) is 0 Å². The van der Waals surface area contributed by atoms with Crippen LogP contribution in [0.5, 0.6) is 0 Å². The maximum absolute atomic E-state index is 12.4. The summed E-state index contributed by atoms with van der Waals surface area (Å²) in [6, 6.07) is 7.20. The van der Waals surface area contributed by atoms with Gasteiger partial charge in [-0.1, -0.05) is 26.0 Å². The zero-order chi connectivity index (χ0) is 17.6. The topological polar surface area (TPSA) is 70.4 Å². The van der Waals surface area contributed by atoms with Crippen molar-refractivity contribution in [2.75, 3.05) is 6.61 Å². The van der Waals surface area contributed by atoms with Crippen LogP contribution in [0.2, 0.25) is 0 Å². The van der Waals surface area contributed by atoms with E-state index in [9.17, 15) is 9.59 Å². The van der Waals surface area contributed by atoms with Gasteiger partial charge in [-0.3, -0.25) is 14.2 Å². The number of rotatable bonds is 4. The average Bonchev–Trinajstić information content (AvgIpc) is 3.06. The monoisotopic (exact) mass is 342 g/mol. The van der Waals surface area contributed by atoms with Crippen LogP contribution < -0.4 is 5.56 Å². The number of ether oxygens (including phenoxy) is 2. The molecule has 25 heavy (non-hydrogen) atoms. The third kappa shape index (κ3) is 2.65. The quantitative estimate of drug-likeness (QED) is 0.796. The number of aryl methyl sites for hydroxylation is 1. The third-order valence-electron chi connectivity index (χ3n) is 5.54. The lowest BCUT2D eigenvalue weighted by Crippen LogP contribution is -2.61. The number of fused-ring (bicyclic) bond motifs is 2. The van der Waals surface area contributed by atoms with Gasteiger partial charge in [-0.05, 0) is 18.6 Å². The van der Waals surface area contributed by atoms with Crippen LogP contribution in [0.25, 0.3) is 10.9 Å². The first kappa shape index (κ1) is 16.3. The number of carbonyl (C=O) groups excluding carboxylic acids is 1. The molecule has 1 aromatic carbocycles. The molecule has 1 saturated carbocycles. The van der Waals surface area contributed by atoms with Crippen molar-refractivity contribution in [3.8, 4) is 0 Å². The van der Waals surface area contributed by atoms with E-state index < -0.39 is 0 Å². The number of carbonyl (C=O) groups is 1. The fourth-order valence-corrected chi connectivity index (χ4v) is 4.19. The van der Waals surface area contributed by atoms with Crippen molar-refractivity contribution in [3.05, 3.63) is 40.9 Å². The van der Waals surface area contributed by atoms with Crippen LogP contribution in [0.4, 0.5) is 0 Å². The molecule has 0 bridgehead atoms. The molecule has 0 N–H and O–H groups in total. The van der Waals surface area contributed by atoms with E-state index in [-0.39, 0.29) is 42.1 Å². The van der Waals surface area contributed by atoms with Gasteiger partial charge in [0.1, 0.15) is 6.10 Å². The Labute approximate surface area is 145 Å². The fraction of sp³-hybridized carbons (Fsp3) is 0.526. The minimum absolute atomic E-state index is 0.0982. The average molecular weight is 342 g/mol. The van der Waals surface area contributed by atoms with Gasteiger partial charge in [0.05, 0.1) is 29.8 Å². The van der Waals surface area contributed by atoms with Crippen LogP contribution in [0.1, 0.15) is 26.7 Å². The highest BCUT2D eigenvalue weighted by Crippen LogP contribution is 2.53. The van der Waals surface area contributed by atoms with E-state index in [1.54, 1.807) is 12.1 Å². The van der Waals surface area contributed by atoms with Gasteiger partial charge in [0, 0.05) is 24.5 Å².